The van der Waals surface area contributed by atoms with Gasteiger partial charge in [0, 0.05) is 38.3 Å². The van der Waals surface area contributed by atoms with Crippen LogP contribution in [-0.4, -0.2) is 56.4 Å². The lowest BCUT2D eigenvalue weighted by Gasteiger charge is -2.36. The minimum absolute atomic E-state index is 0.0272. The van der Waals surface area contributed by atoms with E-state index in [9.17, 15) is 18.0 Å². The normalized spacial score (nSPS) is 31.1. The van der Waals surface area contributed by atoms with Gasteiger partial charge in [0.25, 0.3) is 5.92 Å². The predicted octanol–water partition coefficient (Wildman–Crippen LogP) is 3.37. The second kappa shape index (κ2) is 6.69. The van der Waals surface area contributed by atoms with E-state index in [0.717, 1.165) is 0 Å². The Morgan fingerprint density at radius 1 is 1.19 bits per heavy atom. The minimum Gasteiger partial charge on any atom is -0.381 e. The van der Waals surface area contributed by atoms with Gasteiger partial charge in [-0.15, -0.1) is 0 Å². The number of benzene rings is 1. The molecule has 0 radical (unpaired) electrons. The van der Waals surface area contributed by atoms with Crippen LogP contribution in [0.4, 0.5) is 18.0 Å². The summed E-state index contributed by atoms with van der Waals surface area (Å²) in [6.07, 6.45) is 1.35. The maximum atomic E-state index is 14.6. The third kappa shape index (κ3) is 2.91. The van der Waals surface area contributed by atoms with Crippen LogP contribution in [0.25, 0.3) is 0 Å². The molecule has 3 aliphatic rings. The average molecular weight is 382 g/mol. The zero-order valence-electron chi connectivity index (χ0n) is 15.2. The quantitative estimate of drug-likeness (QED) is 0.868. The van der Waals surface area contributed by atoms with Crippen molar-refractivity contribution in [3.63, 3.8) is 0 Å². The first-order valence-electron chi connectivity index (χ1n) is 9.55. The lowest BCUT2D eigenvalue weighted by Crippen LogP contribution is -2.50. The molecule has 0 spiro atoms. The van der Waals surface area contributed by atoms with Crippen molar-refractivity contribution in [2.24, 2.45) is 11.3 Å². The zero-order chi connectivity index (χ0) is 19.1. The lowest BCUT2D eigenvalue weighted by molar-refractivity contribution is 0.00296. The Morgan fingerprint density at radius 3 is 2.52 bits per heavy atom. The molecule has 1 aliphatic carbocycles. The van der Waals surface area contributed by atoms with E-state index in [1.807, 2.05) is 6.07 Å². The Morgan fingerprint density at radius 2 is 1.89 bits per heavy atom. The van der Waals surface area contributed by atoms with Crippen LogP contribution in [0, 0.1) is 11.3 Å². The summed E-state index contributed by atoms with van der Waals surface area (Å²) < 4.78 is 48.1. The standard InChI is InChI=1S/C20H25F3N2O2/c21-13-18(7-10-27-11-8-18)14-24-17(26)25-9-6-19(15-4-2-1-3-5-15)16(12-25)20(19,22)23/h1-5,16H,6-14H2,(H,24,26). The van der Waals surface area contributed by atoms with E-state index in [-0.39, 0.29) is 32.1 Å². The molecule has 1 aromatic carbocycles. The van der Waals surface area contributed by atoms with Crippen LogP contribution in [0.2, 0.25) is 0 Å². The molecule has 2 atom stereocenters. The van der Waals surface area contributed by atoms with E-state index < -0.39 is 29.3 Å². The van der Waals surface area contributed by atoms with Gasteiger partial charge in [-0.25, -0.2) is 13.6 Å². The second-order valence-corrected chi connectivity index (χ2v) is 8.11. The van der Waals surface area contributed by atoms with Crippen molar-refractivity contribution in [3.8, 4) is 0 Å². The molecular formula is C20H25F3N2O2. The number of ether oxygens (including phenoxy) is 1. The molecule has 2 unspecified atom stereocenters. The molecule has 0 bridgehead atoms. The third-order valence-corrected chi connectivity index (χ3v) is 6.75. The Balaban J connectivity index is 1.39. The number of carbonyl (C=O) groups is 1. The SMILES string of the molecule is O=C(NCC1(CF)CCOCC1)N1CCC2(c3ccccc3)C(C1)C2(F)F. The largest absolute Gasteiger partial charge is 0.381 e. The van der Waals surface area contributed by atoms with E-state index in [1.165, 1.54) is 4.90 Å². The third-order valence-electron chi connectivity index (χ3n) is 6.75. The average Bonchev–Trinajstić information content (AvgIpc) is 3.23. The monoisotopic (exact) mass is 382 g/mol. The van der Waals surface area contributed by atoms with Crippen molar-refractivity contribution in [2.75, 3.05) is 39.5 Å². The van der Waals surface area contributed by atoms with Gasteiger partial charge in [0.05, 0.1) is 18.0 Å². The Bertz CT molecular complexity index is 694. The van der Waals surface area contributed by atoms with Gasteiger partial charge in [0.2, 0.25) is 0 Å². The molecule has 3 fully saturated rings. The van der Waals surface area contributed by atoms with Crippen LogP contribution in [0.15, 0.2) is 30.3 Å². The highest BCUT2D eigenvalue weighted by molar-refractivity contribution is 5.74. The van der Waals surface area contributed by atoms with Crippen LogP contribution >= 0.6 is 0 Å². The summed E-state index contributed by atoms with van der Waals surface area (Å²) >= 11 is 0. The maximum Gasteiger partial charge on any atom is 0.317 e. The highest BCUT2D eigenvalue weighted by Gasteiger charge is 2.81. The van der Waals surface area contributed by atoms with Crippen molar-refractivity contribution in [3.05, 3.63) is 35.9 Å². The first kappa shape index (κ1) is 18.6. The van der Waals surface area contributed by atoms with Gasteiger partial charge in [-0.1, -0.05) is 30.3 Å². The number of piperidine rings is 1. The number of hydrogen-bond donors (Lipinski definition) is 1. The molecule has 2 aliphatic heterocycles. The summed E-state index contributed by atoms with van der Waals surface area (Å²) in [6, 6.07) is 8.49. The number of rotatable bonds is 4. The van der Waals surface area contributed by atoms with Gasteiger partial charge in [-0.2, -0.15) is 0 Å². The van der Waals surface area contributed by atoms with Gasteiger partial charge >= 0.3 is 6.03 Å². The van der Waals surface area contributed by atoms with E-state index in [2.05, 4.69) is 5.32 Å². The summed E-state index contributed by atoms with van der Waals surface area (Å²) in [5.74, 6) is -3.66. The number of carbonyl (C=O) groups excluding carboxylic acids is 1. The molecule has 4 nitrogen and oxygen atoms in total. The number of fused-ring (bicyclic) bond motifs is 1. The lowest BCUT2D eigenvalue weighted by atomic mass is 9.81. The van der Waals surface area contributed by atoms with Crippen LogP contribution in [0.1, 0.15) is 24.8 Å². The molecule has 27 heavy (non-hydrogen) atoms. The number of alkyl halides is 3. The summed E-state index contributed by atoms with van der Waals surface area (Å²) in [5, 5.41) is 2.78. The van der Waals surface area contributed by atoms with Gasteiger partial charge in [-0.05, 0) is 24.8 Å². The zero-order valence-corrected chi connectivity index (χ0v) is 15.2. The van der Waals surface area contributed by atoms with Crippen LogP contribution in [0.5, 0.6) is 0 Å². The van der Waals surface area contributed by atoms with E-state index in [4.69, 9.17) is 4.74 Å². The topological polar surface area (TPSA) is 41.6 Å². The molecule has 4 rings (SSSR count). The fourth-order valence-electron chi connectivity index (χ4n) is 4.76. The van der Waals surface area contributed by atoms with E-state index in [0.29, 0.717) is 31.6 Å². The maximum absolute atomic E-state index is 14.6. The fraction of sp³-hybridized carbons (Fsp3) is 0.650. The van der Waals surface area contributed by atoms with Gasteiger partial charge in [0.1, 0.15) is 0 Å². The van der Waals surface area contributed by atoms with E-state index in [1.54, 1.807) is 24.3 Å². The number of nitrogens with zero attached hydrogens (tertiary/aromatic N) is 1. The fourth-order valence-corrected chi connectivity index (χ4v) is 4.76. The Hall–Kier alpha value is -1.76. The second-order valence-electron chi connectivity index (χ2n) is 8.11. The van der Waals surface area contributed by atoms with Crippen molar-refractivity contribution < 1.29 is 22.7 Å². The summed E-state index contributed by atoms with van der Waals surface area (Å²) in [4.78, 5) is 14.0. The smallest absolute Gasteiger partial charge is 0.317 e. The van der Waals surface area contributed by atoms with Crippen molar-refractivity contribution >= 4 is 6.03 Å². The highest BCUT2D eigenvalue weighted by atomic mass is 19.3. The van der Waals surface area contributed by atoms with Crippen molar-refractivity contribution in [1.82, 2.24) is 10.2 Å². The molecule has 0 aromatic heterocycles. The minimum atomic E-state index is -2.80. The van der Waals surface area contributed by atoms with Crippen molar-refractivity contribution in [1.29, 1.82) is 0 Å². The number of likely N-dealkylation sites (tertiary alicyclic amines) is 1. The van der Waals surface area contributed by atoms with Crippen molar-refractivity contribution in [2.45, 2.75) is 30.6 Å². The molecular weight excluding hydrogens is 357 g/mol. The molecule has 2 heterocycles. The number of hydrogen-bond acceptors (Lipinski definition) is 2. The summed E-state index contributed by atoms with van der Waals surface area (Å²) in [5.41, 5.74) is -1.09. The van der Waals surface area contributed by atoms with Crippen LogP contribution in [0.3, 0.4) is 0 Å². The van der Waals surface area contributed by atoms with E-state index >= 15 is 0 Å². The molecule has 7 heteroatoms. The molecule has 148 valence electrons. The summed E-state index contributed by atoms with van der Waals surface area (Å²) in [7, 11) is 0. The van der Waals surface area contributed by atoms with Gasteiger partial charge in [0.15, 0.2) is 0 Å². The Labute approximate surface area is 157 Å². The van der Waals surface area contributed by atoms with Crippen LogP contribution < -0.4 is 5.32 Å². The number of urea groups is 1. The summed E-state index contributed by atoms with van der Waals surface area (Å²) in [6.45, 7) is 0.967. The number of halogens is 3. The predicted molar refractivity (Wildman–Crippen MR) is 94.6 cm³/mol. The highest BCUT2D eigenvalue weighted by Crippen LogP contribution is 2.70. The van der Waals surface area contributed by atoms with Gasteiger partial charge < -0.3 is 15.0 Å². The Kier molecular flexibility index (Phi) is 4.61. The van der Waals surface area contributed by atoms with Crippen LogP contribution in [-0.2, 0) is 10.2 Å². The molecule has 1 saturated carbocycles. The first-order valence-corrected chi connectivity index (χ1v) is 9.55. The first-order chi connectivity index (χ1) is 13.0. The molecule has 2 amide bonds. The molecule has 1 N–H and O–H groups in total. The van der Waals surface area contributed by atoms with Gasteiger partial charge in [-0.3, -0.25) is 4.39 Å². The number of amides is 2. The molecule has 2 saturated heterocycles. The molecule has 1 aromatic rings. The number of nitrogens with one attached hydrogen (secondary N) is 1.